The second-order valence-electron chi connectivity index (χ2n) is 4.42. The fourth-order valence-corrected chi connectivity index (χ4v) is 1.60. The molecule has 0 unspecified atom stereocenters. The minimum atomic E-state index is -0.720. The lowest BCUT2D eigenvalue weighted by Crippen LogP contribution is -2.31. The van der Waals surface area contributed by atoms with E-state index in [4.69, 9.17) is 0 Å². The van der Waals surface area contributed by atoms with Crippen LogP contribution >= 0.6 is 0 Å². The zero-order valence-corrected chi connectivity index (χ0v) is 11.7. The molecular weight excluding hydrogens is 288 g/mol. The van der Waals surface area contributed by atoms with Gasteiger partial charge in [-0.2, -0.15) is 5.10 Å². The van der Waals surface area contributed by atoms with E-state index >= 15 is 0 Å². The Balaban J connectivity index is 1.85. The number of nitrogens with one attached hydrogen (secondary N) is 4. The zero-order chi connectivity index (χ0) is 15.9. The van der Waals surface area contributed by atoms with Crippen LogP contribution in [0.15, 0.2) is 39.0 Å². The van der Waals surface area contributed by atoms with E-state index in [0.717, 1.165) is 11.1 Å². The van der Waals surface area contributed by atoms with Crippen molar-refractivity contribution in [3.8, 4) is 0 Å². The maximum absolute atomic E-state index is 11.6. The van der Waals surface area contributed by atoms with Crippen molar-refractivity contribution in [2.75, 3.05) is 11.9 Å². The third-order valence-corrected chi connectivity index (χ3v) is 2.57. The Kier molecular flexibility index (Phi) is 4.81. The molecule has 114 valence electrons. The van der Waals surface area contributed by atoms with Gasteiger partial charge in [-0.15, -0.1) is 5.10 Å². The summed E-state index contributed by atoms with van der Waals surface area (Å²) in [7, 11) is 0. The number of nitrogens with zero attached hydrogens (tertiary/aromatic N) is 2. The average molecular weight is 302 g/mol. The lowest BCUT2D eigenvalue weighted by Gasteiger charge is -2.02. The molecule has 0 fully saturated rings. The van der Waals surface area contributed by atoms with Crippen molar-refractivity contribution in [1.29, 1.82) is 0 Å². The number of carbonyl (C=O) groups excluding carboxylic acids is 1. The number of aryl methyl sites for hydroxylation is 1. The van der Waals surface area contributed by atoms with E-state index in [1.807, 2.05) is 41.3 Å². The summed E-state index contributed by atoms with van der Waals surface area (Å²) in [6.07, 6.45) is 1.51. The fourth-order valence-electron chi connectivity index (χ4n) is 1.60. The Bertz CT molecular complexity index is 808. The highest BCUT2D eigenvalue weighted by Crippen LogP contribution is 2.00. The maximum Gasteiger partial charge on any atom is 0.342 e. The van der Waals surface area contributed by atoms with Crippen LogP contribution in [0, 0.1) is 6.92 Å². The van der Waals surface area contributed by atoms with Crippen molar-refractivity contribution in [3.63, 3.8) is 0 Å². The van der Waals surface area contributed by atoms with E-state index in [1.54, 1.807) is 0 Å². The number of H-pyrrole nitrogens is 2. The number of hydrogen-bond donors (Lipinski definition) is 4. The van der Waals surface area contributed by atoms with Gasteiger partial charge in [0, 0.05) is 0 Å². The highest BCUT2D eigenvalue weighted by Gasteiger charge is 2.04. The van der Waals surface area contributed by atoms with Gasteiger partial charge >= 0.3 is 5.69 Å². The van der Waals surface area contributed by atoms with Crippen LogP contribution < -0.4 is 22.0 Å². The Morgan fingerprint density at radius 3 is 2.95 bits per heavy atom. The summed E-state index contributed by atoms with van der Waals surface area (Å²) in [5.41, 5.74) is 2.82. The molecule has 0 aliphatic carbocycles. The number of amides is 1. The van der Waals surface area contributed by atoms with E-state index in [-0.39, 0.29) is 12.4 Å². The minimum absolute atomic E-state index is 0.155. The van der Waals surface area contributed by atoms with Gasteiger partial charge in [-0.1, -0.05) is 29.8 Å². The molecule has 9 nitrogen and oxygen atoms in total. The lowest BCUT2D eigenvalue weighted by molar-refractivity contribution is -0.119. The van der Waals surface area contributed by atoms with Crippen molar-refractivity contribution in [2.45, 2.75) is 6.92 Å². The SMILES string of the molecule is Cc1cccc(/C=N\NC(=O)CNc2n[nH]c(=O)[nH]c2=O)c1. The second kappa shape index (κ2) is 6.97. The summed E-state index contributed by atoms with van der Waals surface area (Å²) < 4.78 is 0. The van der Waals surface area contributed by atoms with Gasteiger partial charge in [0.1, 0.15) is 0 Å². The van der Waals surface area contributed by atoms with E-state index in [0.29, 0.717) is 0 Å². The Labute approximate surface area is 124 Å². The van der Waals surface area contributed by atoms with Crippen molar-refractivity contribution >= 4 is 17.9 Å². The molecule has 1 heterocycles. The topological polar surface area (TPSA) is 132 Å². The summed E-state index contributed by atoms with van der Waals surface area (Å²) >= 11 is 0. The first-order valence-electron chi connectivity index (χ1n) is 6.36. The van der Waals surface area contributed by atoms with Gasteiger partial charge in [0.2, 0.25) is 5.82 Å². The van der Waals surface area contributed by atoms with Gasteiger partial charge in [-0.3, -0.25) is 14.6 Å². The van der Waals surface area contributed by atoms with Crippen molar-refractivity contribution in [2.24, 2.45) is 5.10 Å². The smallest absolute Gasteiger partial charge is 0.342 e. The molecule has 0 aliphatic rings. The molecule has 0 saturated heterocycles. The van der Waals surface area contributed by atoms with Gasteiger partial charge in [-0.05, 0) is 12.5 Å². The first kappa shape index (κ1) is 15.2. The predicted molar refractivity (Wildman–Crippen MR) is 80.9 cm³/mol. The second-order valence-corrected chi connectivity index (χ2v) is 4.42. The molecule has 4 N–H and O–H groups in total. The van der Waals surface area contributed by atoms with Crippen LogP contribution in [0.5, 0.6) is 0 Å². The molecule has 0 saturated carbocycles. The number of aromatic nitrogens is 3. The zero-order valence-electron chi connectivity index (χ0n) is 11.7. The quantitative estimate of drug-likeness (QED) is 0.429. The molecule has 1 aromatic carbocycles. The van der Waals surface area contributed by atoms with Gasteiger partial charge < -0.3 is 5.32 Å². The molecule has 22 heavy (non-hydrogen) atoms. The predicted octanol–water partition coefficient (Wildman–Crippen LogP) is -0.671. The normalized spacial score (nSPS) is 10.6. The summed E-state index contributed by atoms with van der Waals surface area (Å²) in [6, 6.07) is 7.60. The molecule has 2 rings (SSSR count). The minimum Gasteiger partial charge on any atom is -0.355 e. The molecule has 2 aromatic rings. The van der Waals surface area contributed by atoms with Crippen LogP contribution in [0.2, 0.25) is 0 Å². The standard InChI is InChI=1S/C13H14N6O3/c1-8-3-2-4-9(5-8)6-15-17-10(20)7-14-11-12(21)16-13(22)19-18-11/h2-6H,7H2,1H3,(H,14,18)(H,17,20)(H2,16,19,21,22)/b15-6-. The van der Waals surface area contributed by atoms with Crippen LogP contribution in [-0.2, 0) is 4.79 Å². The monoisotopic (exact) mass is 302 g/mol. The molecule has 1 amide bonds. The van der Waals surface area contributed by atoms with E-state index in [2.05, 4.69) is 20.9 Å². The van der Waals surface area contributed by atoms with Gasteiger partial charge in [-0.25, -0.2) is 15.3 Å². The third kappa shape index (κ3) is 4.40. The summed E-state index contributed by atoms with van der Waals surface area (Å²) in [6.45, 7) is 1.74. The first-order valence-corrected chi connectivity index (χ1v) is 6.36. The summed E-state index contributed by atoms with van der Waals surface area (Å²) in [5, 5.41) is 11.8. The number of benzene rings is 1. The third-order valence-electron chi connectivity index (χ3n) is 2.57. The van der Waals surface area contributed by atoms with Crippen molar-refractivity contribution in [3.05, 3.63) is 56.2 Å². The van der Waals surface area contributed by atoms with E-state index < -0.39 is 17.2 Å². The maximum atomic E-state index is 11.6. The molecule has 0 radical (unpaired) electrons. The van der Waals surface area contributed by atoms with Crippen LogP contribution in [-0.4, -0.2) is 33.8 Å². The Morgan fingerprint density at radius 1 is 1.41 bits per heavy atom. The molecule has 0 spiro atoms. The number of hydrazone groups is 1. The van der Waals surface area contributed by atoms with E-state index in [9.17, 15) is 14.4 Å². The highest BCUT2D eigenvalue weighted by atomic mass is 16.2. The summed E-state index contributed by atoms with van der Waals surface area (Å²) in [5.74, 6) is -0.617. The van der Waals surface area contributed by atoms with Crippen molar-refractivity contribution in [1.82, 2.24) is 20.6 Å². The average Bonchev–Trinajstić information content (AvgIpc) is 2.46. The fraction of sp³-hybridized carbons (Fsp3) is 0.154. The number of aromatic amines is 2. The largest absolute Gasteiger partial charge is 0.355 e. The van der Waals surface area contributed by atoms with Crippen LogP contribution in [0.25, 0.3) is 0 Å². The lowest BCUT2D eigenvalue weighted by atomic mass is 10.2. The molecule has 1 aromatic heterocycles. The van der Waals surface area contributed by atoms with Crippen LogP contribution in [0.3, 0.4) is 0 Å². The molecular formula is C13H14N6O3. The molecule has 9 heteroatoms. The van der Waals surface area contributed by atoms with Gasteiger partial charge in [0.05, 0.1) is 12.8 Å². The number of anilines is 1. The number of rotatable bonds is 5. The summed E-state index contributed by atoms with van der Waals surface area (Å²) in [4.78, 5) is 35.6. The van der Waals surface area contributed by atoms with Gasteiger partial charge in [0.25, 0.3) is 11.5 Å². The molecule has 0 aliphatic heterocycles. The molecule has 0 bridgehead atoms. The van der Waals surface area contributed by atoms with E-state index in [1.165, 1.54) is 6.21 Å². The Morgan fingerprint density at radius 2 is 2.23 bits per heavy atom. The van der Waals surface area contributed by atoms with Crippen LogP contribution in [0.1, 0.15) is 11.1 Å². The van der Waals surface area contributed by atoms with Gasteiger partial charge in [0.15, 0.2) is 0 Å². The van der Waals surface area contributed by atoms with Crippen molar-refractivity contribution < 1.29 is 4.79 Å². The van der Waals surface area contributed by atoms with Crippen LogP contribution in [0.4, 0.5) is 5.82 Å². The Hall–Kier alpha value is -3.23. The number of carbonyl (C=O) groups is 1. The molecule has 0 atom stereocenters. The first-order chi connectivity index (χ1) is 10.5. The number of hydrogen-bond acceptors (Lipinski definition) is 6. The highest BCUT2D eigenvalue weighted by molar-refractivity contribution is 5.84.